The van der Waals surface area contributed by atoms with Gasteiger partial charge in [0.1, 0.15) is 0 Å². The number of fused-ring (bicyclic) bond motifs is 1. The van der Waals surface area contributed by atoms with Gasteiger partial charge in [0, 0.05) is 23.3 Å². The highest BCUT2D eigenvalue weighted by molar-refractivity contribution is 6.25. The lowest BCUT2D eigenvalue weighted by atomic mass is 9.43. The average Bonchev–Trinajstić information content (AvgIpc) is 3.00. The van der Waals surface area contributed by atoms with Gasteiger partial charge in [-0.1, -0.05) is 48.6 Å². The van der Waals surface area contributed by atoms with Crippen molar-refractivity contribution in [3.63, 3.8) is 0 Å². The molecule has 5 aliphatic rings. The van der Waals surface area contributed by atoms with E-state index in [1.165, 1.54) is 14.2 Å². The van der Waals surface area contributed by atoms with E-state index in [0.717, 1.165) is 11.1 Å². The zero-order valence-electron chi connectivity index (χ0n) is 15.6. The van der Waals surface area contributed by atoms with Gasteiger partial charge >= 0.3 is 11.9 Å². The van der Waals surface area contributed by atoms with Gasteiger partial charge in [0.2, 0.25) is 0 Å². The number of ketones is 1. The molecule has 6 atom stereocenters. The maximum atomic E-state index is 13.2. The molecule has 6 rings (SSSR count). The van der Waals surface area contributed by atoms with Gasteiger partial charge in [-0.15, -0.1) is 0 Å². The Hall–Kier alpha value is -2.95. The Morgan fingerprint density at radius 3 is 2.00 bits per heavy atom. The molecule has 0 spiro atoms. The van der Waals surface area contributed by atoms with E-state index in [9.17, 15) is 14.4 Å². The number of carbonyl (C=O) groups is 3. The third-order valence-corrected chi connectivity index (χ3v) is 6.85. The Morgan fingerprint density at radius 2 is 1.43 bits per heavy atom. The van der Waals surface area contributed by atoms with E-state index < -0.39 is 11.9 Å². The molecule has 5 nitrogen and oxygen atoms in total. The van der Waals surface area contributed by atoms with Gasteiger partial charge < -0.3 is 9.47 Å². The quantitative estimate of drug-likeness (QED) is 0.599. The van der Waals surface area contributed by atoms with Crippen molar-refractivity contribution in [2.24, 2.45) is 35.5 Å². The minimum Gasteiger partial charge on any atom is -0.466 e. The van der Waals surface area contributed by atoms with Crippen LogP contribution in [0, 0.1) is 35.5 Å². The summed E-state index contributed by atoms with van der Waals surface area (Å²) in [4.78, 5) is 38.2. The molecule has 0 radical (unpaired) electrons. The Kier molecular flexibility index (Phi) is 3.69. The first-order valence-electron chi connectivity index (χ1n) is 9.49. The summed E-state index contributed by atoms with van der Waals surface area (Å²) in [7, 11) is 2.64. The normalized spacial score (nSPS) is 34.4. The van der Waals surface area contributed by atoms with Crippen molar-refractivity contribution in [1.82, 2.24) is 0 Å². The van der Waals surface area contributed by atoms with Crippen LogP contribution in [0.4, 0.5) is 0 Å². The van der Waals surface area contributed by atoms with Crippen LogP contribution in [0.3, 0.4) is 0 Å². The van der Waals surface area contributed by atoms with Crippen LogP contribution >= 0.6 is 0 Å². The van der Waals surface area contributed by atoms with E-state index >= 15 is 0 Å². The monoisotopic (exact) mass is 376 g/mol. The number of carbonyl (C=O) groups excluding carboxylic acids is 3. The molecule has 28 heavy (non-hydrogen) atoms. The Morgan fingerprint density at radius 1 is 0.857 bits per heavy atom. The average molecular weight is 376 g/mol. The number of Topliss-reactive ketones (excluding diaryl/α,β-unsaturated/α-hetero) is 1. The van der Waals surface area contributed by atoms with Gasteiger partial charge in [-0.3, -0.25) is 4.79 Å². The van der Waals surface area contributed by atoms with Gasteiger partial charge in [0.05, 0.1) is 25.4 Å². The predicted molar refractivity (Wildman–Crippen MR) is 101 cm³/mol. The second kappa shape index (κ2) is 6.03. The lowest BCUT2D eigenvalue weighted by molar-refractivity contribution is -0.146. The molecule has 142 valence electrons. The molecule has 0 saturated heterocycles. The highest BCUT2D eigenvalue weighted by Crippen LogP contribution is 2.66. The molecule has 0 amide bonds. The van der Waals surface area contributed by atoms with Gasteiger partial charge in [0.25, 0.3) is 0 Å². The van der Waals surface area contributed by atoms with Gasteiger partial charge in [-0.2, -0.15) is 0 Å². The highest BCUT2D eigenvalue weighted by atomic mass is 16.5. The van der Waals surface area contributed by atoms with E-state index in [-0.39, 0.29) is 41.3 Å². The fourth-order valence-corrected chi connectivity index (χ4v) is 5.81. The van der Waals surface area contributed by atoms with Crippen molar-refractivity contribution in [3.05, 3.63) is 65.3 Å². The number of esters is 2. The van der Waals surface area contributed by atoms with E-state index in [1.807, 2.05) is 42.5 Å². The van der Waals surface area contributed by atoms with Gasteiger partial charge in [-0.05, 0) is 23.3 Å². The van der Waals surface area contributed by atoms with Crippen LogP contribution in [-0.2, 0) is 23.9 Å². The third kappa shape index (κ3) is 2.04. The smallest absolute Gasteiger partial charge is 0.334 e. The molecule has 1 aromatic carbocycles. The van der Waals surface area contributed by atoms with Crippen molar-refractivity contribution in [3.8, 4) is 0 Å². The predicted octanol–water partition coefficient (Wildman–Crippen LogP) is 2.59. The van der Waals surface area contributed by atoms with E-state index in [2.05, 4.69) is 6.08 Å². The fourth-order valence-electron chi connectivity index (χ4n) is 5.81. The first kappa shape index (κ1) is 17.2. The fraction of sp³-hybridized carbons (Fsp3) is 0.348. The number of benzene rings is 1. The summed E-state index contributed by atoms with van der Waals surface area (Å²) in [6.45, 7) is 0. The van der Waals surface area contributed by atoms with Crippen LogP contribution in [0.2, 0.25) is 0 Å². The van der Waals surface area contributed by atoms with Crippen LogP contribution in [-0.4, -0.2) is 31.9 Å². The highest BCUT2D eigenvalue weighted by Gasteiger charge is 2.66. The third-order valence-electron chi connectivity index (χ3n) is 6.85. The molecule has 2 bridgehead atoms. The largest absolute Gasteiger partial charge is 0.466 e. The number of ether oxygens (including phenoxy) is 2. The maximum absolute atomic E-state index is 13.2. The molecule has 1 aromatic rings. The first-order valence-corrected chi connectivity index (χ1v) is 9.49. The van der Waals surface area contributed by atoms with E-state index in [1.54, 1.807) is 0 Å². The van der Waals surface area contributed by atoms with Crippen molar-refractivity contribution in [2.45, 2.75) is 0 Å². The summed E-state index contributed by atoms with van der Waals surface area (Å²) in [6.07, 6.45) is 6.04. The summed E-state index contributed by atoms with van der Waals surface area (Å²) in [5.74, 6) is -1.27. The molecule has 2 unspecified atom stereocenters. The summed E-state index contributed by atoms with van der Waals surface area (Å²) in [5, 5.41) is 0. The zero-order valence-corrected chi connectivity index (χ0v) is 15.6. The SMILES string of the molecule is COC(=O)C1=C(C(=O)OC)[C@@H]2C=C[C@H]1[C@H]1C3C(=O)C(c4ccccc4)=CC3[C@H]12. The summed E-state index contributed by atoms with van der Waals surface area (Å²) in [5.41, 5.74) is 2.44. The molecule has 0 N–H and O–H groups in total. The lowest BCUT2D eigenvalue weighted by Gasteiger charge is -2.58. The minimum atomic E-state index is -0.511. The van der Waals surface area contributed by atoms with Gasteiger partial charge in [0.15, 0.2) is 5.78 Å². The summed E-state index contributed by atoms with van der Waals surface area (Å²) in [6, 6.07) is 9.67. The van der Waals surface area contributed by atoms with Crippen LogP contribution in [0.25, 0.3) is 5.57 Å². The number of rotatable bonds is 3. The number of hydrogen-bond donors (Lipinski definition) is 0. The zero-order chi connectivity index (χ0) is 19.6. The number of methoxy groups -OCH3 is 2. The molecule has 5 heteroatoms. The Balaban J connectivity index is 1.57. The molecule has 0 heterocycles. The second-order valence-corrected chi connectivity index (χ2v) is 7.82. The molecular weight excluding hydrogens is 356 g/mol. The number of hydrogen-bond acceptors (Lipinski definition) is 5. The lowest BCUT2D eigenvalue weighted by Crippen LogP contribution is -2.59. The van der Waals surface area contributed by atoms with Gasteiger partial charge in [-0.25, -0.2) is 9.59 Å². The second-order valence-electron chi connectivity index (χ2n) is 7.82. The van der Waals surface area contributed by atoms with Crippen molar-refractivity contribution in [1.29, 1.82) is 0 Å². The molecule has 0 aromatic heterocycles. The first-order chi connectivity index (χ1) is 13.6. The van der Waals surface area contributed by atoms with Crippen LogP contribution < -0.4 is 0 Å². The molecule has 1 saturated carbocycles. The molecular formula is C23H20O5. The minimum absolute atomic E-state index is 0.0208. The summed E-state index contributed by atoms with van der Waals surface area (Å²) < 4.78 is 9.94. The Bertz CT molecular complexity index is 984. The van der Waals surface area contributed by atoms with E-state index in [4.69, 9.17) is 9.47 Å². The van der Waals surface area contributed by atoms with E-state index in [0.29, 0.717) is 11.1 Å². The maximum Gasteiger partial charge on any atom is 0.334 e. The van der Waals surface area contributed by atoms with Crippen LogP contribution in [0.5, 0.6) is 0 Å². The molecule has 1 fully saturated rings. The van der Waals surface area contributed by atoms with Crippen molar-refractivity contribution in [2.75, 3.05) is 14.2 Å². The standard InChI is InChI=1S/C23H20O5/c1-27-22(25)19-12-8-9-13(20(19)23(26)28-2)17-16(12)15-10-14(21(24)18(15)17)11-6-4-3-5-7-11/h3-10,12-13,15-18H,1-2H3/t12-,13+,15?,16-,17-,18?/m1/s1. The topological polar surface area (TPSA) is 69.7 Å². The Labute approximate surface area is 162 Å². The van der Waals surface area contributed by atoms with Crippen LogP contribution in [0.15, 0.2) is 59.7 Å². The molecule has 0 aliphatic heterocycles. The summed E-state index contributed by atoms with van der Waals surface area (Å²) >= 11 is 0. The number of allylic oxidation sites excluding steroid dienone is 4. The van der Waals surface area contributed by atoms with Crippen LogP contribution in [0.1, 0.15) is 5.56 Å². The molecule has 5 aliphatic carbocycles. The van der Waals surface area contributed by atoms with Crippen molar-refractivity contribution < 1.29 is 23.9 Å². The van der Waals surface area contributed by atoms with Crippen molar-refractivity contribution >= 4 is 23.3 Å².